The quantitative estimate of drug-likeness (QED) is 0.717. The Morgan fingerprint density at radius 1 is 1.48 bits per heavy atom. The number of amides is 1. The van der Waals surface area contributed by atoms with Crippen LogP contribution in [-0.4, -0.2) is 25.0 Å². The molecule has 1 fully saturated rings. The first kappa shape index (κ1) is 16.3. The van der Waals surface area contributed by atoms with Crippen molar-refractivity contribution in [3.8, 4) is 0 Å². The highest BCUT2D eigenvalue weighted by molar-refractivity contribution is 9.10. The molecule has 0 aliphatic heterocycles. The van der Waals surface area contributed by atoms with E-state index in [9.17, 15) is 4.79 Å². The van der Waals surface area contributed by atoms with E-state index in [1.54, 1.807) is 0 Å². The second-order valence-corrected chi connectivity index (χ2v) is 6.54. The molecule has 2 rings (SSSR count). The Morgan fingerprint density at radius 3 is 2.81 bits per heavy atom. The number of halogens is 1. The number of nitrogens with two attached hydrogens (primary N) is 1. The summed E-state index contributed by atoms with van der Waals surface area (Å²) >= 11 is 3.63. The van der Waals surface area contributed by atoms with Crippen molar-refractivity contribution in [2.24, 2.45) is 5.73 Å². The second-order valence-electron chi connectivity index (χ2n) is 5.68. The molecule has 1 aliphatic rings. The van der Waals surface area contributed by atoms with E-state index in [0.717, 1.165) is 36.1 Å². The molecular formula is C16H24BrN3O. The molecule has 1 aromatic carbocycles. The maximum Gasteiger partial charge on any atom is 0.236 e. The zero-order chi connectivity index (χ0) is 15.2. The molecule has 0 unspecified atom stereocenters. The second kappa shape index (κ2) is 7.80. The maximum absolute atomic E-state index is 11.3. The van der Waals surface area contributed by atoms with Crippen molar-refractivity contribution in [2.75, 3.05) is 18.0 Å². The Kier molecular flexibility index (Phi) is 6.06. The van der Waals surface area contributed by atoms with E-state index >= 15 is 0 Å². The highest BCUT2D eigenvalue weighted by Crippen LogP contribution is 2.28. The molecule has 1 saturated carbocycles. The smallest absolute Gasteiger partial charge is 0.236 e. The molecule has 21 heavy (non-hydrogen) atoms. The minimum atomic E-state index is -0.294. The van der Waals surface area contributed by atoms with Gasteiger partial charge in [-0.15, -0.1) is 0 Å². The molecule has 1 amide bonds. The van der Waals surface area contributed by atoms with Gasteiger partial charge in [-0.25, -0.2) is 0 Å². The summed E-state index contributed by atoms with van der Waals surface area (Å²) in [5.74, 6) is -0.294. The zero-order valence-electron chi connectivity index (χ0n) is 12.6. The number of hydrogen-bond donors (Lipinski definition) is 2. The van der Waals surface area contributed by atoms with Crippen molar-refractivity contribution in [2.45, 2.75) is 45.2 Å². The van der Waals surface area contributed by atoms with Crippen LogP contribution in [-0.2, 0) is 11.3 Å². The Morgan fingerprint density at radius 2 is 2.24 bits per heavy atom. The molecule has 0 spiro atoms. The van der Waals surface area contributed by atoms with Crippen molar-refractivity contribution in [3.05, 3.63) is 28.2 Å². The molecule has 3 N–H and O–H groups in total. The summed E-state index contributed by atoms with van der Waals surface area (Å²) in [6, 6.07) is 7.03. The summed E-state index contributed by atoms with van der Waals surface area (Å²) < 4.78 is 1.02. The van der Waals surface area contributed by atoms with E-state index in [-0.39, 0.29) is 12.5 Å². The third-order valence-electron chi connectivity index (χ3n) is 3.65. The maximum atomic E-state index is 11.3. The first-order valence-corrected chi connectivity index (χ1v) is 8.44. The van der Waals surface area contributed by atoms with Crippen LogP contribution < -0.4 is 16.0 Å². The van der Waals surface area contributed by atoms with Crippen LogP contribution in [0.1, 0.15) is 38.2 Å². The number of benzene rings is 1. The van der Waals surface area contributed by atoms with Gasteiger partial charge in [0, 0.05) is 23.6 Å². The molecule has 5 heteroatoms. The number of anilines is 1. The summed E-state index contributed by atoms with van der Waals surface area (Å²) in [7, 11) is 0. The highest BCUT2D eigenvalue weighted by atomic mass is 79.9. The minimum Gasteiger partial charge on any atom is -0.368 e. The van der Waals surface area contributed by atoms with Gasteiger partial charge in [0.1, 0.15) is 0 Å². The van der Waals surface area contributed by atoms with Gasteiger partial charge in [0.2, 0.25) is 5.91 Å². The van der Waals surface area contributed by atoms with Crippen molar-refractivity contribution in [1.82, 2.24) is 5.32 Å². The molecule has 0 radical (unpaired) electrons. The molecule has 1 aliphatic carbocycles. The lowest BCUT2D eigenvalue weighted by Crippen LogP contribution is -2.34. The van der Waals surface area contributed by atoms with Gasteiger partial charge in [0.25, 0.3) is 0 Å². The molecule has 0 heterocycles. The van der Waals surface area contributed by atoms with Crippen LogP contribution in [0, 0.1) is 0 Å². The third kappa shape index (κ3) is 5.32. The summed E-state index contributed by atoms with van der Waals surface area (Å²) in [4.78, 5) is 13.3. The van der Waals surface area contributed by atoms with Gasteiger partial charge in [0.05, 0.1) is 12.2 Å². The van der Waals surface area contributed by atoms with E-state index in [2.05, 4.69) is 46.4 Å². The molecule has 4 nitrogen and oxygen atoms in total. The number of nitrogens with one attached hydrogen (secondary N) is 1. The fourth-order valence-corrected chi connectivity index (χ4v) is 2.97. The normalized spacial score (nSPS) is 14.2. The number of primary amides is 1. The minimum absolute atomic E-state index is 0.262. The van der Waals surface area contributed by atoms with Crippen molar-refractivity contribution >= 4 is 27.5 Å². The summed E-state index contributed by atoms with van der Waals surface area (Å²) in [6.07, 6.45) is 4.73. The van der Waals surface area contributed by atoms with Gasteiger partial charge in [0.15, 0.2) is 0 Å². The molecule has 116 valence electrons. The van der Waals surface area contributed by atoms with Crippen LogP contribution in [0.25, 0.3) is 0 Å². The number of carbonyl (C=O) groups is 1. The molecule has 0 saturated heterocycles. The largest absolute Gasteiger partial charge is 0.368 e. The number of carbonyl (C=O) groups excluding carboxylic acids is 1. The van der Waals surface area contributed by atoms with Crippen LogP contribution in [0.3, 0.4) is 0 Å². The average molecular weight is 354 g/mol. The van der Waals surface area contributed by atoms with Gasteiger partial charge in [-0.2, -0.15) is 0 Å². The number of nitrogens with zero attached hydrogens (tertiary/aromatic N) is 1. The topological polar surface area (TPSA) is 58.4 Å². The van der Waals surface area contributed by atoms with E-state index in [1.165, 1.54) is 18.4 Å². The van der Waals surface area contributed by atoms with E-state index in [1.807, 2.05) is 4.90 Å². The predicted molar refractivity (Wildman–Crippen MR) is 90.3 cm³/mol. The van der Waals surface area contributed by atoms with Crippen molar-refractivity contribution < 1.29 is 4.79 Å². The Labute approximate surface area is 135 Å². The Bertz CT molecular complexity index is 488. The lowest BCUT2D eigenvalue weighted by atomic mass is 10.1. The Balaban J connectivity index is 2.05. The molecule has 0 atom stereocenters. The fraction of sp³-hybridized carbons (Fsp3) is 0.562. The van der Waals surface area contributed by atoms with E-state index in [4.69, 9.17) is 5.73 Å². The van der Waals surface area contributed by atoms with E-state index in [0.29, 0.717) is 6.04 Å². The van der Waals surface area contributed by atoms with Gasteiger partial charge < -0.3 is 16.0 Å². The third-order valence-corrected chi connectivity index (χ3v) is 4.29. The van der Waals surface area contributed by atoms with Crippen LogP contribution in [0.2, 0.25) is 0 Å². The van der Waals surface area contributed by atoms with Crippen LogP contribution >= 0.6 is 15.9 Å². The summed E-state index contributed by atoms with van der Waals surface area (Å²) in [5, 5.41) is 3.51. The number of rotatable bonds is 9. The number of unbranched alkanes of at least 4 members (excludes halogenated alkanes) is 1. The zero-order valence-corrected chi connectivity index (χ0v) is 14.2. The van der Waals surface area contributed by atoms with Crippen molar-refractivity contribution in [3.63, 3.8) is 0 Å². The fourth-order valence-electron chi connectivity index (χ4n) is 2.29. The van der Waals surface area contributed by atoms with Gasteiger partial charge in [-0.1, -0.05) is 19.4 Å². The van der Waals surface area contributed by atoms with Crippen molar-refractivity contribution in [1.29, 1.82) is 0 Å². The lowest BCUT2D eigenvalue weighted by molar-refractivity contribution is -0.116. The monoisotopic (exact) mass is 353 g/mol. The van der Waals surface area contributed by atoms with Crippen LogP contribution in [0.15, 0.2) is 22.7 Å². The van der Waals surface area contributed by atoms with Gasteiger partial charge in [-0.3, -0.25) is 4.79 Å². The molecule has 0 aromatic heterocycles. The predicted octanol–water partition coefficient (Wildman–Crippen LogP) is 2.79. The summed E-state index contributed by atoms with van der Waals surface area (Å²) in [5.41, 5.74) is 7.66. The van der Waals surface area contributed by atoms with Crippen LogP contribution in [0.5, 0.6) is 0 Å². The Hall–Kier alpha value is -1.07. The standard InChI is InChI=1S/C16H24BrN3O/c1-2-3-8-20(11-16(18)21)15-7-4-12(9-14(15)17)10-19-13-5-6-13/h4,7,9,13,19H,2-3,5-6,8,10-11H2,1H3,(H2,18,21). The lowest BCUT2D eigenvalue weighted by Gasteiger charge is -2.24. The molecular weight excluding hydrogens is 330 g/mol. The van der Waals surface area contributed by atoms with Crippen LogP contribution in [0.4, 0.5) is 5.69 Å². The summed E-state index contributed by atoms with van der Waals surface area (Å²) in [6.45, 7) is 4.15. The van der Waals surface area contributed by atoms with E-state index < -0.39 is 0 Å². The highest BCUT2D eigenvalue weighted by Gasteiger charge is 2.20. The first-order chi connectivity index (χ1) is 10.1. The molecule has 0 bridgehead atoms. The number of hydrogen-bond acceptors (Lipinski definition) is 3. The van der Waals surface area contributed by atoms with Gasteiger partial charge in [-0.05, 0) is 52.9 Å². The first-order valence-electron chi connectivity index (χ1n) is 7.65. The molecule has 1 aromatic rings. The van der Waals surface area contributed by atoms with Gasteiger partial charge >= 0.3 is 0 Å². The SMILES string of the molecule is CCCCN(CC(N)=O)c1ccc(CNC2CC2)cc1Br. The average Bonchev–Trinajstić information content (AvgIpc) is 3.25.